The second kappa shape index (κ2) is 5.06. The van der Waals surface area contributed by atoms with E-state index in [1.807, 2.05) is 4.90 Å². The third kappa shape index (κ3) is 3.00. The normalized spacial score (nSPS) is 27.0. The van der Waals surface area contributed by atoms with Gasteiger partial charge in [0.2, 0.25) is 5.91 Å². The summed E-state index contributed by atoms with van der Waals surface area (Å²) in [7, 11) is 0. The number of hydrogen-bond acceptors (Lipinski definition) is 2. The van der Waals surface area contributed by atoms with E-state index in [9.17, 15) is 4.79 Å². The summed E-state index contributed by atoms with van der Waals surface area (Å²) >= 11 is 4.35. The molecule has 1 amide bonds. The molecule has 1 fully saturated rings. The highest BCUT2D eigenvalue weighted by molar-refractivity contribution is 7.81. The van der Waals surface area contributed by atoms with E-state index in [0.717, 1.165) is 19.5 Å². The number of carbonyl (C=O) groups is 1. The zero-order valence-corrected chi connectivity index (χ0v) is 10.0. The molecule has 0 radical (unpaired) electrons. The molecule has 0 bridgehead atoms. The summed E-state index contributed by atoms with van der Waals surface area (Å²) in [4.78, 5) is 13.5. The monoisotopic (exact) mass is 225 g/mol. The van der Waals surface area contributed by atoms with E-state index >= 15 is 0 Å². The number of thiol groups is 1. The van der Waals surface area contributed by atoms with E-state index in [4.69, 9.17) is 0 Å². The van der Waals surface area contributed by atoms with Crippen LogP contribution in [0.25, 0.3) is 0 Å². The number of amides is 1. The fourth-order valence-corrected chi connectivity index (χ4v) is 2.73. The van der Waals surface area contributed by atoms with Crippen LogP contribution in [-0.4, -0.2) is 29.1 Å². The van der Waals surface area contributed by atoms with Crippen LogP contribution < -0.4 is 0 Å². The van der Waals surface area contributed by atoms with Crippen molar-refractivity contribution in [2.75, 3.05) is 13.1 Å². The van der Waals surface area contributed by atoms with Crippen molar-refractivity contribution in [1.29, 1.82) is 0 Å². The molecule has 84 valence electrons. The van der Waals surface area contributed by atoms with Gasteiger partial charge in [-0.2, -0.15) is 12.6 Å². The molecule has 15 heavy (non-hydrogen) atoms. The van der Waals surface area contributed by atoms with Gasteiger partial charge in [0.15, 0.2) is 0 Å². The van der Waals surface area contributed by atoms with Crippen molar-refractivity contribution >= 4 is 18.5 Å². The molecule has 2 rings (SSSR count). The Hall–Kier alpha value is -0.440. The van der Waals surface area contributed by atoms with Gasteiger partial charge in [-0.1, -0.05) is 11.6 Å². The minimum atomic E-state index is 0.262. The molecule has 0 aromatic carbocycles. The lowest BCUT2D eigenvalue weighted by atomic mass is 9.97. The number of rotatable bonds is 3. The molecule has 0 N–H and O–H groups in total. The Labute approximate surface area is 97.1 Å². The molecule has 2 nitrogen and oxygen atoms in total. The van der Waals surface area contributed by atoms with Crippen molar-refractivity contribution in [2.24, 2.45) is 0 Å². The molecule has 0 aromatic rings. The first kappa shape index (κ1) is 11.1. The van der Waals surface area contributed by atoms with E-state index in [1.165, 1.54) is 25.7 Å². The average Bonchev–Trinajstić information content (AvgIpc) is 2.56. The minimum Gasteiger partial charge on any atom is -0.341 e. The maximum atomic E-state index is 11.5. The first-order valence-electron chi connectivity index (χ1n) is 5.89. The highest BCUT2D eigenvalue weighted by atomic mass is 32.1. The van der Waals surface area contributed by atoms with Crippen molar-refractivity contribution in [3.8, 4) is 0 Å². The van der Waals surface area contributed by atoms with Gasteiger partial charge in [-0.25, -0.2) is 0 Å². The molecule has 3 heteroatoms. The average molecular weight is 225 g/mol. The number of likely N-dealkylation sites (tertiary alicyclic amines) is 1. The van der Waals surface area contributed by atoms with Crippen molar-refractivity contribution in [2.45, 2.75) is 43.8 Å². The number of carbonyl (C=O) groups excluding carboxylic acids is 1. The Morgan fingerprint density at radius 2 is 2.33 bits per heavy atom. The Balaban J connectivity index is 1.78. The smallest absolute Gasteiger partial charge is 0.223 e. The first-order chi connectivity index (χ1) is 7.25. The summed E-state index contributed by atoms with van der Waals surface area (Å²) in [6.07, 6.45) is 9.21. The highest BCUT2D eigenvalue weighted by Crippen LogP contribution is 2.22. The van der Waals surface area contributed by atoms with Crippen LogP contribution in [0.1, 0.15) is 38.5 Å². The van der Waals surface area contributed by atoms with E-state index < -0.39 is 0 Å². The molecule has 1 aliphatic carbocycles. The van der Waals surface area contributed by atoms with Crippen molar-refractivity contribution in [1.82, 2.24) is 4.90 Å². The molecule has 1 saturated heterocycles. The van der Waals surface area contributed by atoms with Crippen LogP contribution in [-0.2, 0) is 4.79 Å². The number of allylic oxidation sites excluding steroid dienone is 1. The molecular weight excluding hydrogens is 206 g/mol. The molecular formula is C12H19NOS. The zero-order chi connectivity index (χ0) is 10.7. The molecule has 0 aromatic heterocycles. The minimum absolute atomic E-state index is 0.262. The van der Waals surface area contributed by atoms with E-state index in [0.29, 0.717) is 6.42 Å². The van der Waals surface area contributed by atoms with Gasteiger partial charge in [0.1, 0.15) is 0 Å². The lowest BCUT2D eigenvalue weighted by Crippen LogP contribution is -2.26. The highest BCUT2D eigenvalue weighted by Gasteiger charge is 2.26. The third-order valence-corrected chi connectivity index (χ3v) is 3.63. The van der Waals surface area contributed by atoms with E-state index in [-0.39, 0.29) is 11.2 Å². The van der Waals surface area contributed by atoms with Crippen LogP contribution in [0, 0.1) is 0 Å². The van der Waals surface area contributed by atoms with Crippen LogP contribution in [0.5, 0.6) is 0 Å². The maximum Gasteiger partial charge on any atom is 0.223 e. The van der Waals surface area contributed by atoms with E-state index in [1.54, 1.807) is 5.57 Å². The molecule has 1 aliphatic heterocycles. The quantitative estimate of drug-likeness (QED) is 0.578. The predicted molar refractivity (Wildman–Crippen MR) is 65.1 cm³/mol. The van der Waals surface area contributed by atoms with Gasteiger partial charge in [-0.3, -0.25) is 4.79 Å². The SMILES string of the molecule is O=C1CC(S)CN1CCC1=CCCCC1. The molecule has 1 atom stereocenters. The van der Waals surface area contributed by atoms with Gasteiger partial charge in [-0.15, -0.1) is 0 Å². The van der Waals surface area contributed by atoms with Crippen LogP contribution in [0.2, 0.25) is 0 Å². The standard InChI is InChI=1S/C12H19NOS/c14-12-8-11(15)9-13(12)7-6-10-4-2-1-3-5-10/h4,11,15H,1-3,5-9H2. The van der Waals surface area contributed by atoms with Gasteiger partial charge in [0.25, 0.3) is 0 Å². The molecule has 1 unspecified atom stereocenters. The molecule has 0 spiro atoms. The van der Waals surface area contributed by atoms with Gasteiger partial charge in [0.05, 0.1) is 0 Å². The third-order valence-electron chi connectivity index (χ3n) is 3.28. The molecule has 1 heterocycles. The summed E-state index contributed by atoms with van der Waals surface area (Å²) in [5, 5.41) is 0.262. The van der Waals surface area contributed by atoms with E-state index in [2.05, 4.69) is 18.7 Å². The van der Waals surface area contributed by atoms with Gasteiger partial charge in [0, 0.05) is 24.8 Å². The summed E-state index contributed by atoms with van der Waals surface area (Å²) in [6, 6.07) is 0. The lowest BCUT2D eigenvalue weighted by molar-refractivity contribution is -0.127. The summed E-state index contributed by atoms with van der Waals surface area (Å²) in [5.74, 6) is 0.284. The predicted octanol–water partition coefficient (Wildman–Crippen LogP) is 2.41. The van der Waals surface area contributed by atoms with Crippen LogP contribution >= 0.6 is 12.6 Å². The second-order valence-electron chi connectivity index (χ2n) is 4.56. The summed E-state index contributed by atoms with van der Waals surface area (Å²) in [5.41, 5.74) is 1.55. The summed E-state index contributed by atoms with van der Waals surface area (Å²) in [6.45, 7) is 1.75. The summed E-state index contributed by atoms with van der Waals surface area (Å²) < 4.78 is 0. The first-order valence-corrected chi connectivity index (χ1v) is 6.41. The Morgan fingerprint density at radius 3 is 2.93 bits per heavy atom. The second-order valence-corrected chi connectivity index (χ2v) is 5.29. The number of hydrogen-bond donors (Lipinski definition) is 1. The zero-order valence-electron chi connectivity index (χ0n) is 9.11. The molecule has 2 aliphatic rings. The Bertz CT molecular complexity index is 275. The van der Waals surface area contributed by atoms with Crippen LogP contribution in [0.4, 0.5) is 0 Å². The number of nitrogens with zero attached hydrogens (tertiary/aromatic N) is 1. The fraction of sp³-hybridized carbons (Fsp3) is 0.750. The largest absolute Gasteiger partial charge is 0.341 e. The van der Waals surface area contributed by atoms with Crippen molar-refractivity contribution in [3.05, 3.63) is 11.6 Å². The van der Waals surface area contributed by atoms with Gasteiger partial charge in [-0.05, 0) is 32.1 Å². The topological polar surface area (TPSA) is 20.3 Å². The van der Waals surface area contributed by atoms with Gasteiger partial charge >= 0.3 is 0 Å². The van der Waals surface area contributed by atoms with Crippen molar-refractivity contribution < 1.29 is 4.79 Å². The Kier molecular flexibility index (Phi) is 3.73. The van der Waals surface area contributed by atoms with Crippen LogP contribution in [0.3, 0.4) is 0 Å². The maximum absolute atomic E-state index is 11.5. The van der Waals surface area contributed by atoms with Crippen LogP contribution in [0.15, 0.2) is 11.6 Å². The lowest BCUT2D eigenvalue weighted by Gasteiger charge is -2.18. The Morgan fingerprint density at radius 1 is 1.47 bits per heavy atom. The fourth-order valence-electron chi connectivity index (χ4n) is 2.38. The van der Waals surface area contributed by atoms with Gasteiger partial charge < -0.3 is 4.90 Å². The molecule has 0 saturated carbocycles. The van der Waals surface area contributed by atoms with Crippen molar-refractivity contribution in [3.63, 3.8) is 0 Å².